The first kappa shape index (κ1) is 16.9. The zero-order valence-corrected chi connectivity index (χ0v) is 14.3. The predicted octanol–water partition coefficient (Wildman–Crippen LogP) is 3.42. The predicted molar refractivity (Wildman–Crippen MR) is 86.6 cm³/mol. The Balaban J connectivity index is 1.93. The number of ether oxygens (including phenoxy) is 1. The molecule has 0 spiro atoms. The minimum atomic E-state index is -0.189. The minimum absolute atomic E-state index is 0.144. The van der Waals surface area contributed by atoms with Crippen molar-refractivity contribution in [1.82, 2.24) is 14.7 Å². The van der Waals surface area contributed by atoms with E-state index in [0.717, 1.165) is 5.56 Å². The zero-order valence-electron chi connectivity index (χ0n) is 12.0. The Morgan fingerprint density at radius 2 is 1.95 bits per heavy atom. The summed E-state index contributed by atoms with van der Waals surface area (Å²) < 4.78 is 7.09. The van der Waals surface area contributed by atoms with Crippen molar-refractivity contribution in [2.75, 3.05) is 13.7 Å². The van der Waals surface area contributed by atoms with Gasteiger partial charge in [-0.05, 0) is 6.07 Å². The van der Waals surface area contributed by atoms with E-state index in [1.165, 1.54) is 12.1 Å². The van der Waals surface area contributed by atoms with Gasteiger partial charge in [-0.25, -0.2) is 0 Å². The molecular weight excluding hydrogens is 349 g/mol. The topological polar surface area (TPSA) is 47.4 Å². The van der Waals surface area contributed by atoms with E-state index in [9.17, 15) is 4.79 Å². The molecule has 2 aromatic rings. The molecular formula is C14H14Cl3N3O2. The lowest BCUT2D eigenvalue weighted by molar-refractivity contribution is -0.132. The molecule has 22 heavy (non-hydrogen) atoms. The summed E-state index contributed by atoms with van der Waals surface area (Å²) in [5.74, 6) is 0.130. The Hall–Kier alpha value is -1.43. The Kier molecular flexibility index (Phi) is 5.56. The Bertz CT molecular complexity index is 688. The monoisotopic (exact) mass is 361 g/mol. The van der Waals surface area contributed by atoms with Crippen LogP contribution in [-0.4, -0.2) is 34.2 Å². The SMILES string of the molecule is CN(Cc1cnn(C)c1)C(=O)COc1cc(Cl)c(Cl)cc1Cl. The summed E-state index contributed by atoms with van der Waals surface area (Å²) in [4.78, 5) is 13.6. The number of carbonyl (C=O) groups is 1. The maximum Gasteiger partial charge on any atom is 0.260 e. The number of amides is 1. The fourth-order valence-corrected chi connectivity index (χ4v) is 2.37. The largest absolute Gasteiger partial charge is 0.482 e. The van der Waals surface area contributed by atoms with Crippen LogP contribution in [0, 0.1) is 0 Å². The molecule has 0 aliphatic heterocycles. The van der Waals surface area contributed by atoms with Crippen molar-refractivity contribution in [2.24, 2.45) is 7.05 Å². The minimum Gasteiger partial charge on any atom is -0.482 e. The van der Waals surface area contributed by atoms with E-state index in [1.807, 2.05) is 13.2 Å². The standard InChI is InChI=1S/C14H14Cl3N3O2/c1-19(6-9-5-18-20(2)7-9)14(21)8-22-13-4-11(16)10(15)3-12(13)17/h3-5,7H,6,8H2,1-2H3. The van der Waals surface area contributed by atoms with Gasteiger partial charge in [0.2, 0.25) is 0 Å². The molecule has 1 aromatic heterocycles. The summed E-state index contributed by atoms with van der Waals surface area (Å²) in [6.45, 7) is 0.305. The molecule has 1 aromatic carbocycles. The molecule has 0 fully saturated rings. The second-order valence-corrected chi connectivity index (χ2v) is 5.98. The fraction of sp³-hybridized carbons (Fsp3) is 0.286. The fourth-order valence-electron chi connectivity index (χ4n) is 1.78. The molecule has 0 radical (unpaired) electrons. The smallest absolute Gasteiger partial charge is 0.260 e. The molecule has 2 rings (SSSR count). The number of hydrogen-bond acceptors (Lipinski definition) is 3. The van der Waals surface area contributed by atoms with E-state index in [4.69, 9.17) is 39.5 Å². The van der Waals surface area contributed by atoms with Crippen LogP contribution in [0.25, 0.3) is 0 Å². The Morgan fingerprint density at radius 1 is 1.27 bits per heavy atom. The van der Waals surface area contributed by atoms with E-state index in [1.54, 1.807) is 22.8 Å². The van der Waals surface area contributed by atoms with E-state index < -0.39 is 0 Å². The Morgan fingerprint density at radius 3 is 2.59 bits per heavy atom. The number of carbonyl (C=O) groups excluding carboxylic acids is 1. The average molecular weight is 363 g/mol. The van der Waals surface area contributed by atoms with Gasteiger partial charge in [0.25, 0.3) is 5.91 Å². The van der Waals surface area contributed by atoms with Crippen LogP contribution in [-0.2, 0) is 18.4 Å². The normalized spacial score (nSPS) is 10.6. The summed E-state index contributed by atoms with van der Waals surface area (Å²) in [6, 6.07) is 2.96. The number of likely N-dealkylation sites (N-methyl/N-ethyl adjacent to an activating group) is 1. The van der Waals surface area contributed by atoms with Crippen molar-refractivity contribution in [3.63, 3.8) is 0 Å². The quantitative estimate of drug-likeness (QED) is 0.766. The van der Waals surface area contributed by atoms with Crippen LogP contribution in [0.1, 0.15) is 5.56 Å². The van der Waals surface area contributed by atoms with Crippen molar-refractivity contribution in [2.45, 2.75) is 6.54 Å². The van der Waals surface area contributed by atoms with E-state index >= 15 is 0 Å². The molecule has 0 unspecified atom stereocenters. The average Bonchev–Trinajstić information content (AvgIpc) is 2.86. The van der Waals surface area contributed by atoms with Gasteiger partial charge in [0.15, 0.2) is 6.61 Å². The highest BCUT2D eigenvalue weighted by atomic mass is 35.5. The lowest BCUT2D eigenvalue weighted by atomic mass is 10.3. The molecule has 0 atom stereocenters. The highest BCUT2D eigenvalue weighted by Crippen LogP contribution is 2.33. The summed E-state index contributed by atoms with van der Waals surface area (Å²) in [5, 5.41) is 5.01. The summed E-state index contributed by atoms with van der Waals surface area (Å²) in [6.07, 6.45) is 3.56. The first-order chi connectivity index (χ1) is 10.4. The van der Waals surface area contributed by atoms with Gasteiger partial charge in [-0.1, -0.05) is 34.8 Å². The van der Waals surface area contributed by atoms with Crippen molar-refractivity contribution >= 4 is 40.7 Å². The Labute approximate surface area is 143 Å². The maximum absolute atomic E-state index is 12.1. The number of rotatable bonds is 5. The van der Waals surface area contributed by atoms with Gasteiger partial charge < -0.3 is 9.64 Å². The van der Waals surface area contributed by atoms with Crippen molar-refractivity contribution in [1.29, 1.82) is 0 Å². The van der Waals surface area contributed by atoms with Gasteiger partial charge in [0, 0.05) is 38.5 Å². The first-order valence-corrected chi connectivity index (χ1v) is 7.49. The van der Waals surface area contributed by atoms with E-state index in [0.29, 0.717) is 27.4 Å². The summed E-state index contributed by atoms with van der Waals surface area (Å²) in [7, 11) is 3.51. The van der Waals surface area contributed by atoms with Crippen molar-refractivity contribution < 1.29 is 9.53 Å². The van der Waals surface area contributed by atoms with Crippen LogP contribution in [0.2, 0.25) is 15.1 Å². The molecule has 8 heteroatoms. The molecule has 1 heterocycles. The number of benzene rings is 1. The van der Waals surface area contributed by atoms with Crippen LogP contribution in [0.3, 0.4) is 0 Å². The first-order valence-electron chi connectivity index (χ1n) is 6.35. The zero-order chi connectivity index (χ0) is 16.3. The van der Waals surface area contributed by atoms with Gasteiger partial charge in [-0.3, -0.25) is 9.48 Å². The molecule has 118 valence electrons. The number of halogens is 3. The lowest BCUT2D eigenvalue weighted by Gasteiger charge is -2.17. The molecule has 0 aliphatic rings. The molecule has 0 N–H and O–H groups in total. The van der Waals surface area contributed by atoms with Crippen LogP contribution in [0.4, 0.5) is 0 Å². The summed E-state index contributed by atoms with van der Waals surface area (Å²) in [5.41, 5.74) is 0.936. The maximum atomic E-state index is 12.1. The number of aryl methyl sites for hydroxylation is 1. The molecule has 0 bridgehead atoms. The van der Waals surface area contributed by atoms with Gasteiger partial charge in [-0.2, -0.15) is 5.10 Å². The van der Waals surface area contributed by atoms with Gasteiger partial charge in [0.05, 0.1) is 21.3 Å². The van der Waals surface area contributed by atoms with E-state index in [-0.39, 0.29) is 12.5 Å². The summed E-state index contributed by atoms with van der Waals surface area (Å²) >= 11 is 17.7. The number of aromatic nitrogens is 2. The number of hydrogen-bond donors (Lipinski definition) is 0. The molecule has 0 saturated heterocycles. The lowest BCUT2D eigenvalue weighted by Crippen LogP contribution is -2.30. The van der Waals surface area contributed by atoms with Gasteiger partial charge in [-0.15, -0.1) is 0 Å². The van der Waals surface area contributed by atoms with E-state index in [2.05, 4.69) is 5.10 Å². The third kappa shape index (κ3) is 4.29. The molecule has 0 saturated carbocycles. The molecule has 5 nitrogen and oxygen atoms in total. The third-order valence-corrected chi connectivity index (χ3v) is 3.95. The van der Waals surface area contributed by atoms with Crippen molar-refractivity contribution in [3.8, 4) is 5.75 Å². The molecule has 0 aliphatic carbocycles. The van der Waals surface area contributed by atoms with Crippen LogP contribution < -0.4 is 4.74 Å². The third-order valence-electron chi connectivity index (χ3n) is 2.93. The van der Waals surface area contributed by atoms with Crippen LogP contribution >= 0.6 is 34.8 Å². The number of nitrogens with zero attached hydrogens (tertiary/aromatic N) is 3. The van der Waals surface area contributed by atoms with Crippen molar-refractivity contribution in [3.05, 3.63) is 45.2 Å². The van der Waals surface area contributed by atoms with Gasteiger partial charge in [0.1, 0.15) is 5.75 Å². The van der Waals surface area contributed by atoms with Crippen LogP contribution in [0.5, 0.6) is 5.75 Å². The second kappa shape index (κ2) is 7.22. The molecule has 1 amide bonds. The second-order valence-electron chi connectivity index (χ2n) is 4.76. The van der Waals surface area contributed by atoms with Crippen LogP contribution in [0.15, 0.2) is 24.5 Å². The highest BCUT2D eigenvalue weighted by molar-refractivity contribution is 6.43. The highest BCUT2D eigenvalue weighted by Gasteiger charge is 2.13. The van der Waals surface area contributed by atoms with Gasteiger partial charge >= 0.3 is 0 Å².